The number of fused-ring (bicyclic) bond motifs is 1. The van der Waals surface area contributed by atoms with E-state index in [9.17, 15) is 10.2 Å². The summed E-state index contributed by atoms with van der Waals surface area (Å²) in [6.07, 6.45) is 1.47. The molecule has 108 valence electrons. The first-order valence-corrected chi connectivity index (χ1v) is 6.90. The lowest BCUT2D eigenvalue weighted by molar-refractivity contribution is 0.0392. The van der Waals surface area contributed by atoms with Crippen LogP contribution in [0, 0.1) is 0 Å². The normalized spacial score (nSPS) is 26.6. The summed E-state index contributed by atoms with van der Waals surface area (Å²) in [6, 6.07) is 1.76. The summed E-state index contributed by atoms with van der Waals surface area (Å²) < 4.78 is 1.63. The second-order valence-corrected chi connectivity index (χ2v) is 5.62. The zero-order valence-corrected chi connectivity index (χ0v) is 11.6. The number of rotatable bonds is 3. The molecule has 7 heteroatoms. The fourth-order valence-electron chi connectivity index (χ4n) is 2.55. The fraction of sp³-hybridized carbons (Fsp3) is 0.615. The summed E-state index contributed by atoms with van der Waals surface area (Å²) in [6.45, 7) is 4.13. The van der Waals surface area contributed by atoms with E-state index in [1.807, 2.05) is 6.07 Å². The largest absolute Gasteiger partial charge is 0.390 e. The zero-order valence-electron chi connectivity index (χ0n) is 11.6. The van der Waals surface area contributed by atoms with Gasteiger partial charge in [0.2, 0.25) is 5.65 Å². The van der Waals surface area contributed by atoms with E-state index < -0.39 is 12.2 Å². The second kappa shape index (κ2) is 4.99. The first-order chi connectivity index (χ1) is 9.56. The van der Waals surface area contributed by atoms with Gasteiger partial charge in [0.15, 0.2) is 0 Å². The maximum atomic E-state index is 9.95. The number of aromatic nitrogens is 4. The molecule has 2 aromatic rings. The molecule has 0 aliphatic heterocycles. The predicted octanol–water partition coefficient (Wildman–Crippen LogP) is 0.544. The maximum absolute atomic E-state index is 9.95. The van der Waals surface area contributed by atoms with E-state index in [-0.39, 0.29) is 12.0 Å². The van der Waals surface area contributed by atoms with Crippen LogP contribution in [0.5, 0.6) is 0 Å². The molecule has 1 fully saturated rings. The van der Waals surface area contributed by atoms with Gasteiger partial charge < -0.3 is 15.5 Å². The van der Waals surface area contributed by atoms with E-state index in [2.05, 4.69) is 34.5 Å². The summed E-state index contributed by atoms with van der Waals surface area (Å²) in [5.41, 5.74) is 2.34. The molecule has 1 aliphatic carbocycles. The van der Waals surface area contributed by atoms with Crippen LogP contribution in [0.15, 0.2) is 12.4 Å². The molecule has 0 spiro atoms. The molecule has 3 N–H and O–H groups in total. The van der Waals surface area contributed by atoms with Gasteiger partial charge in [0.1, 0.15) is 6.33 Å². The molecule has 3 rings (SSSR count). The standard InChI is InChI=1S/C13H19N5O2/c1-7(2)9-5-10(13-16-14-6-18(13)17-9)15-8-3-4-11(19)12(8)20/h5-8,11-12,15,19-20H,3-4H2,1-2H3/t8-,11-,12+/m1/s1. The number of anilines is 1. The van der Waals surface area contributed by atoms with Crippen molar-refractivity contribution >= 4 is 11.3 Å². The van der Waals surface area contributed by atoms with Crippen LogP contribution < -0.4 is 5.32 Å². The van der Waals surface area contributed by atoms with Gasteiger partial charge in [0.25, 0.3) is 0 Å². The zero-order chi connectivity index (χ0) is 14.3. The Morgan fingerprint density at radius 1 is 1.35 bits per heavy atom. The summed E-state index contributed by atoms with van der Waals surface area (Å²) in [5, 5.41) is 35.2. The topological polar surface area (TPSA) is 95.6 Å². The third kappa shape index (κ3) is 2.23. The quantitative estimate of drug-likeness (QED) is 0.758. The van der Waals surface area contributed by atoms with Crippen molar-refractivity contribution in [1.82, 2.24) is 19.8 Å². The molecule has 2 aromatic heterocycles. The molecule has 3 atom stereocenters. The van der Waals surface area contributed by atoms with E-state index in [0.29, 0.717) is 12.1 Å². The van der Waals surface area contributed by atoms with E-state index >= 15 is 0 Å². The number of aliphatic hydroxyl groups is 2. The van der Waals surface area contributed by atoms with Crippen molar-refractivity contribution in [2.24, 2.45) is 0 Å². The van der Waals surface area contributed by atoms with Crippen molar-refractivity contribution in [3.8, 4) is 0 Å². The van der Waals surface area contributed by atoms with Gasteiger partial charge in [-0.3, -0.25) is 0 Å². The summed E-state index contributed by atoms with van der Waals surface area (Å²) in [7, 11) is 0. The Labute approximate surface area is 116 Å². The van der Waals surface area contributed by atoms with Gasteiger partial charge in [0, 0.05) is 0 Å². The number of nitrogens with one attached hydrogen (secondary N) is 1. The highest BCUT2D eigenvalue weighted by Crippen LogP contribution is 2.26. The van der Waals surface area contributed by atoms with E-state index in [4.69, 9.17) is 0 Å². The minimum atomic E-state index is -0.756. The smallest absolute Gasteiger partial charge is 0.200 e. The van der Waals surface area contributed by atoms with Crippen LogP contribution in [-0.2, 0) is 0 Å². The van der Waals surface area contributed by atoms with Gasteiger partial charge in [0.05, 0.1) is 29.6 Å². The van der Waals surface area contributed by atoms with Gasteiger partial charge >= 0.3 is 0 Å². The summed E-state index contributed by atoms with van der Waals surface area (Å²) >= 11 is 0. The van der Waals surface area contributed by atoms with E-state index in [0.717, 1.165) is 17.8 Å². The monoisotopic (exact) mass is 277 g/mol. The highest BCUT2D eigenvalue weighted by Gasteiger charge is 2.33. The van der Waals surface area contributed by atoms with Crippen LogP contribution in [0.25, 0.3) is 5.65 Å². The first kappa shape index (κ1) is 13.3. The highest BCUT2D eigenvalue weighted by atomic mass is 16.3. The third-order valence-corrected chi connectivity index (χ3v) is 3.80. The second-order valence-electron chi connectivity index (χ2n) is 5.62. The molecule has 0 unspecified atom stereocenters. The average molecular weight is 277 g/mol. The van der Waals surface area contributed by atoms with Gasteiger partial charge in [-0.15, -0.1) is 10.2 Å². The Morgan fingerprint density at radius 3 is 2.80 bits per heavy atom. The van der Waals surface area contributed by atoms with Crippen molar-refractivity contribution in [1.29, 1.82) is 0 Å². The van der Waals surface area contributed by atoms with Crippen LogP contribution in [-0.4, -0.2) is 48.3 Å². The van der Waals surface area contributed by atoms with E-state index in [1.54, 1.807) is 10.8 Å². The number of hydrogen-bond donors (Lipinski definition) is 3. The van der Waals surface area contributed by atoms with Crippen LogP contribution in [0.2, 0.25) is 0 Å². The van der Waals surface area contributed by atoms with Crippen molar-refractivity contribution in [2.45, 2.75) is 50.9 Å². The van der Waals surface area contributed by atoms with Crippen molar-refractivity contribution in [3.05, 3.63) is 18.1 Å². The Morgan fingerprint density at radius 2 is 2.15 bits per heavy atom. The highest BCUT2D eigenvalue weighted by molar-refractivity contribution is 5.67. The predicted molar refractivity (Wildman–Crippen MR) is 73.5 cm³/mol. The Balaban J connectivity index is 1.95. The molecule has 0 amide bonds. The molecule has 1 aliphatic rings. The molecule has 7 nitrogen and oxygen atoms in total. The van der Waals surface area contributed by atoms with Crippen LogP contribution >= 0.6 is 0 Å². The molecule has 0 aromatic carbocycles. The third-order valence-electron chi connectivity index (χ3n) is 3.80. The van der Waals surface area contributed by atoms with Crippen molar-refractivity contribution < 1.29 is 10.2 Å². The van der Waals surface area contributed by atoms with Crippen molar-refractivity contribution in [3.63, 3.8) is 0 Å². The Kier molecular flexibility index (Phi) is 3.31. The Bertz CT molecular complexity index is 612. The lowest BCUT2D eigenvalue weighted by Gasteiger charge is -2.20. The first-order valence-electron chi connectivity index (χ1n) is 6.90. The average Bonchev–Trinajstić information content (AvgIpc) is 3.00. The molecular formula is C13H19N5O2. The lowest BCUT2D eigenvalue weighted by atomic mass is 10.1. The number of nitrogens with zero attached hydrogens (tertiary/aromatic N) is 4. The van der Waals surface area contributed by atoms with Crippen LogP contribution in [0.1, 0.15) is 38.3 Å². The van der Waals surface area contributed by atoms with Gasteiger partial charge in [-0.25, -0.2) is 0 Å². The molecule has 0 saturated heterocycles. The van der Waals surface area contributed by atoms with Gasteiger partial charge in [-0.05, 0) is 24.8 Å². The molecule has 0 bridgehead atoms. The molecular weight excluding hydrogens is 258 g/mol. The molecule has 1 saturated carbocycles. The molecule has 0 radical (unpaired) electrons. The molecule has 2 heterocycles. The van der Waals surface area contributed by atoms with Crippen molar-refractivity contribution in [2.75, 3.05) is 5.32 Å². The van der Waals surface area contributed by atoms with Gasteiger partial charge in [-0.2, -0.15) is 9.61 Å². The minimum Gasteiger partial charge on any atom is -0.390 e. The molecule has 20 heavy (non-hydrogen) atoms. The maximum Gasteiger partial charge on any atom is 0.200 e. The van der Waals surface area contributed by atoms with Crippen LogP contribution in [0.3, 0.4) is 0 Å². The summed E-state index contributed by atoms with van der Waals surface area (Å²) in [5.74, 6) is 0.279. The minimum absolute atomic E-state index is 0.173. The number of aliphatic hydroxyl groups excluding tert-OH is 2. The fourth-order valence-corrected chi connectivity index (χ4v) is 2.55. The number of hydrogen-bond acceptors (Lipinski definition) is 6. The lowest BCUT2D eigenvalue weighted by Crippen LogP contribution is -2.34. The SMILES string of the molecule is CC(C)c1cc(N[C@@H]2CC[C@@H](O)[C@H]2O)c2nncn2n1. The Hall–Kier alpha value is -1.73. The summed E-state index contributed by atoms with van der Waals surface area (Å²) in [4.78, 5) is 0. The van der Waals surface area contributed by atoms with Gasteiger partial charge in [-0.1, -0.05) is 13.8 Å². The van der Waals surface area contributed by atoms with E-state index in [1.165, 1.54) is 0 Å². The van der Waals surface area contributed by atoms with Crippen LogP contribution in [0.4, 0.5) is 5.69 Å².